The van der Waals surface area contributed by atoms with Crippen molar-refractivity contribution in [2.24, 2.45) is 0 Å². The summed E-state index contributed by atoms with van der Waals surface area (Å²) >= 11 is 1.28. The highest BCUT2D eigenvalue weighted by Crippen LogP contribution is 2.43. The van der Waals surface area contributed by atoms with E-state index in [9.17, 15) is 19.8 Å². The first-order valence-electron chi connectivity index (χ1n) is 7.95. The Labute approximate surface area is 154 Å². The molecule has 9 heteroatoms. The molecule has 1 atom stereocenters. The molecule has 3 rings (SSSR count). The van der Waals surface area contributed by atoms with E-state index in [1.807, 2.05) is 0 Å². The monoisotopic (exact) mass is 377 g/mol. The maximum atomic E-state index is 12.5. The molecule has 0 unspecified atom stereocenters. The number of benzene rings is 1. The molecule has 1 aromatic heterocycles. The Morgan fingerprint density at radius 1 is 1.46 bits per heavy atom. The summed E-state index contributed by atoms with van der Waals surface area (Å²) in [6.07, 6.45) is 0.835. The molecule has 1 aliphatic rings. The van der Waals surface area contributed by atoms with Crippen LogP contribution >= 0.6 is 11.3 Å². The molecule has 0 aliphatic carbocycles. The van der Waals surface area contributed by atoms with E-state index in [0.717, 1.165) is 5.56 Å². The number of anilines is 1. The predicted octanol–water partition coefficient (Wildman–Crippen LogP) is 2.64. The summed E-state index contributed by atoms with van der Waals surface area (Å²) in [5.74, 6) is -0.121. The van der Waals surface area contributed by atoms with Gasteiger partial charge in [-0.1, -0.05) is 0 Å². The first-order chi connectivity index (χ1) is 12.3. The quantitative estimate of drug-likeness (QED) is 0.755. The van der Waals surface area contributed by atoms with Crippen LogP contribution in [0, 0.1) is 0 Å². The minimum atomic E-state index is -1.12. The van der Waals surface area contributed by atoms with Gasteiger partial charge in [0.05, 0.1) is 19.1 Å². The van der Waals surface area contributed by atoms with Crippen LogP contribution in [0.1, 0.15) is 24.5 Å². The molecule has 138 valence electrons. The summed E-state index contributed by atoms with van der Waals surface area (Å²) in [5, 5.41) is 24.7. The molecule has 2 aromatic rings. The third-order valence-corrected chi connectivity index (χ3v) is 5.29. The SMILES string of the molecule is COc1cc2c(cc1O)[C@@](C)(CC(=O)Nc1nccs1)N(C(=O)O)CC2. The van der Waals surface area contributed by atoms with Gasteiger partial charge in [-0.15, -0.1) is 11.3 Å². The Bertz CT molecular complexity index is 839. The van der Waals surface area contributed by atoms with Crippen LogP contribution in [0.2, 0.25) is 0 Å². The third-order valence-electron chi connectivity index (χ3n) is 4.60. The standard InChI is InChI=1S/C17H19N3O5S/c1-17(9-14(22)19-15-18-4-6-26-15)11-8-12(21)13(25-2)7-10(11)3-5-20(17)16(23)24/h4,6-8,21H,3,5,9H2,1-2H3,(H,23,24)(H,18,19,22)/t17-/m1/s1. The molecule has 0 radical (unpaired) electrons. The summed E-state index contributed by atoms with van der Waals surface area (Å²) in [5.41, 5.74) is 0.324. The summed E-state index contributed by atoms with van der Waals surface area (Å²) in [4.78, 5) is 29.5. The van der Waals surface area contributed by atoms with Crippen molar-refractivity contribution in [1.82, 2.24) is 9.88 Å². The second-order valence-corrected chi connectivity index (χ2v) is 7.10. The first kappa shape index (κ1) is 18.0. The van der Waals surface area contributed by atoms with Gasteiger partial charge in [0, 0.05) is 18.1 Å². The van der Waals surface area contributed by atoms with E-state index >= 15 is 0 Å². The van der Waals surface area contributed by atoms with Gasteiger partial charge in [0.2, 0.25) is 5.91 Å². The van der Waals surface area contributed by atoms with E-state index in [1.54, 1.807) is 24.6 Å². The summed E-state index contributed by atoms with van der Waals surface area (Å²) in [6.45, 7) is 1.93. The number of amides is 2. The lowest BCUT2D eigenvalue weighted by Gasteiger charge is -2.44. The lowest BCUT2D eigenvalue weighted by atomic mass is 9.79. The number of thiazole rings is 1. The van der Waals surface area contributed by atoms with E-state index in [-0.39, 0.29) is 24.6 Å². The van der Waals surface area contributed by atoms with Crippen molar-refractivity contribution < 1.29 is 24.5 Å². The molecule has 2 heterocycles. The number of phenols is 1. The number of phenolic OH excluding ortho intramolecular Hbond substituents is 1. The molecule has 1 aliphatic heterocycles. The maximum absolute atomic E-state index is 12.5. The minimum absolute atomic E-state index is 0.0926. The van der Waals surface area contributed by atoms with E-state index in [1.165, 1.54) is 29.4 Å². The average molecular weight is 377 g/mol. The zero-order valence-corrected chi connectivity index (χ0v) is 15.2. The van der Waals surface area contributed by atoms with Crippen LogP contribution < -0.4 is 10.1 Å². The first-order valence-corrected chi connectivity index (χ1v) is 8.83. The van der Waals surface area contributed by atoms with Crippen LogP contribution in [0.5, 0.6) is 11.5 Å². The van der Waals surface area contributed by atoms with Crippen LogP contribution in [0.15, 0.2) is 23.7 Å². The number of methoxy groups -OCH3 is 1. The number of nitrogens with zero attached hydrogens (tertiary/aromatic N) is 2. The molecule has 0 fully saturated rings. The van der Waals surface area contributed by atoms with Crippen LogP contribution in [0.3, 0.4) is 0 Å². The number of nitrogens with one attached hydrogen (secondary N) is 1. The van der Waals surface area contributed by atoms with Gasteiger partial charge in [-0.25, -0.2) is 9.78 Å². The minimum Gasteiger partial charge on any atom is -0.504 e. The second kappa shape index (κ2) is 6.83. The number of carboxylic acid groups (broad SMARTS) is 1. The van der Waals surface area contributed by atoms with Crippen molar-refractivity contribution in [3.05, 3.63) is 34.8 Å². The Hall–Kier alpha value is -2.81. The highest BCUT2D eigenvalue weighted by Gasteiger charge is 2.43. The van der Waals surface area contributed by atoms with E-state index < -0.39 is 11.6 Å². The molecule has 2 amide bonds. The number of ether oxygens (including phenoxy) is 1. The Morgan fingerprint density at radius 2 is 2.23 bits per heavy atom. The van der Waals surface area contributed by atoms with Gasteiger partial charge in [0.1, 0.15) is 0 Å². The van der Waals surface area contributed by atoms with Gasteiger partial charge in [-0.2, -0.15) is 0 Å². The summed E-state index contributed by atoms with van der Waals surface area (Å²) < 4.78 is 5.14. The van der Waals surface area contributed by atoms with Gasteiger partial charge in [-0.3, -0.25) is 9.69 Å². The molecule has 0 saturated heterocycles. The molecule has 0 saturated carbocycles. The van der Waals surface area contributed by atoms with E-state index in [2.05, 4.69) is 10.3 Å². The predicted molar refractivity (Wildman–Crippen MR) is 95.8 cm³/mol. The van der Waals surface area contributed by atoms with Crippen LogP contribution in [-0.2, 0) is 16.8 Å². The molecular formula is C17H19N3O5S. The average Bonchev–Trinajstić information content (AvgIpc) is 3.07. The topological polar surface area (TPSA) is 112 Å². The van der Waals surface area contributed by atoms with Crippen molar-refractivity contribution in [3.8, 4) is 11.5 Å². The van der Waals surface area contributed by atoms with Gasteiger partial charge in [-0.05, 0) is 36.6 Å². The number of carbonyl (C=O) groups excluding carboxylic acids is 1. The summed E-state index contributed by atoms with van der Waals surface area (Å²) in [6, 6.07) is 3.18. The molecule has 8 nitrogen and oxygen atoms in total. The number of hydrogen-bond donors (Lipinski definition) is 3. The zero-order chi connectivity index (χ0) is 18.9. The largest absolute Gasteiger partial charge is 0.504 e. The lowest BCUT2D eigenvalue weighted by Crippen LogP contribution is -2.52. The number of aromatic hydroxyl groups is 1. The molecule has 1 aromatic carbocycles. The Kier molecular flexibility index (Phi) is 4.73. The normalized spacial score (nSPS) is 18.9. The fourth-order valence-corrected chi connectivity index (χ4v) is 3.91. The van der Waals surface area contributed by atoms with Gasteiger partial charge >= 0.3 is 6.09 Å². The second-order valence-electron chi connectivity index (χ2n) is 6.20. The fourth-order valence-electron chi connectivity index (χ4n) is 3.37. The Morgan fingerprint density at radius 3 is 2.85 bits per heavy atom. The van der Waals surface area contributed by atoms with Crippen LogP contribution in [0.25, 0.3) is 0 Å². The highest BCUT2D eigenvalue weighted by molar-refractivity contribution is 7.13. The van der Waals surface area contributed by atoms with Gasteiger partial charge in [0.25, 0.3) is 0 Å². The number of fused-ring (bicyclic) bond motifs is 1. The zero-order valence-electron chi connectivity index (χ0n) is 14.4. The van der Waals surface area contributed by atoms with Crippen molar-refractivity contribution in [3.63, 3.8) is 0 Å². The third kappa shape index (κ3) is 3.17. The van der Waals surface area contributed by atoms with Crippen molar-refractivity contribution in [2.75, 3.05) is 19.0 Å². The Balaban J connectivity index is 1.99. The summed E-state index contributed by atoms with van der Waals surface area (Å²) in [7, 11) is 1.45. The van der Waals surface area contributed by atoms with Crippen molar-refractivity contribution in [2.45, 2.75) is 25.3 Å². The smallest absolute Gasteiger partial charge is 0.408 e. The molecule has 26 heavy (non-hydrogen) atoms. The molecule has 3 N–H and O–H groups in total. The molecule has 0 spiro atoms. The van der Waals surface area contributed by atoms with Gasteiger partial charge in [0.15, 0.2) is 16.6 Å². The van der Waals surface area contributed by atoms with Crippen LogP contribution in [0.4, 0.5) is 9.93 Å². The van der Waals surface area contributed by atoms with Crippen molar-refractivity contribution >= 4 is 28.5 Å². The van der Waals surface area contributed by atoms with E-state index in [4.69, 9.17) is 4.74 Å². The van der Waals surface area contributed by atoms with Crippen molar-refractivity contribution in [1.29, 1.82) is 0 Å². The fraction of sp³-hybridized carbons (Fsp3) is 0.353. The molecule has 0 bridgehead atoms. The van der Waals surface area contributed by atoms with E-state index in [0.29, 0.717) is 22.9 Å². The number of rotatable bonds is 4. The number of hydrogen-bond acceptors (Lipinski definition) is 6. The van der Waals surface area contributed by atoms with Crippen LogP contribution in [-0.4, -0.2) is 45.8 Å². The highest BCUT2D eigenvalue weighted by atomic mass is 32.1. The number of carbonyl (C=O) groups is 2. The lowest BCUT2D eigenvalue weighted by molar-refractivity contribution is -0.118. The van der Waals surface area contributed by atoms with Gasteiger partial charge < -0.3 is 20.3 Å². The molecular weight excluding hydrogens is 358 g/mol. The maximum Gasteiger partial charge on any atom is 0.408 e. The number of aromatic nitrogens is 1.